The van der Waals surface area contributed by atoms with Gasteiger partial charge in [0.2, 0.25) is 5.91 Å². The van der Waals surface area contributed by atoms with Crippen LogP contribution >= 0.6 is 0 Å². The van der Waals surface area contributed by atoms with Gasteiger partial charge in [0, 0.05) is 19.4 Å². The van der Waals surface area contributed by atoms with Gasteiger partial charge in [0.15, 0.2) is 0 Å². The summed E-state index contributed by atoms with van der Waals surface area (Å²) in [6.07, 6.45) is 1.23. The number of carbonyl (C=O) groups is 2. The Bertz CT molecular complexity index is 486. The molecule has 0 aromatic heterocycles. The third kappa shape index (κ3) is 3.24. The Labute approximate surface area is 111 Å². The quantitative estimate of drug-likeness (QED) is 0.899. The lowest BCUT2D eigenvalue weighted by molar-refractivity contribution is -0.130. The number of hydrogen-bond acceptors (Lipinski definition) is 3. The molecule has 0 saturated carbocycles. The first kappa shape index (κ1) is 13.4. The lowest BCUT2D eigenvalue weighted by Gasteiger charge is -2.16. The average Bonchev–Trinajstić information content (AvgIpc) is 2.86. The molecule has 2 rings (SSSR count). The first-order chi connectivity index (χ1) is 9.10. The third-order valence-electron chi connectivity index (χ3n) is 3.18. The highest BCUT2D eigenvalue weighted by Crippen LogP contribution is 2.20. The molecule has 0 aliphatic carbocycles. The van der Waals surface area contributed by atoms with E-state index in [2.05, 4.69) is 0 Å². The van der Waals surface area contributed by atoms with Crippen molar-refractivity contribution < 1.29 is 19.4 Å². The standard InChI is InChI=1S/C14H17NO4/c1-2-13(16)15-7-6-12(9-15)19-11-5-3-4-10(8-11)14(17)18/h3-5,8,12H,2,6-7,9H2,1H3,(H,17,18). The molecule has 0 bridgehead atoms. The van der Waals surface area contributed by atoms with Crippen molar-refractivity contribution in [2.75, 3.05) is 13.1 Å². The van der Waals surface area contributed by atoms with Gasteiger partial charge in [0.25, 0.3) is 0 Å². The van der Waals surface area contributed by atoms with Crippen LogP contribution in [0.25, 0.3) is 0 Å². The lowest BCUT2D eigenvalue weighted by atomic mass is 10.2. The number of benzene rings is 1. The second-order valence-corrected chi connectivity index (χ2v) is 4.55. The van der Waals surface area contributed by atoms with E-state index in [0.29, 0.717) is 25.3 Å². The van der Waals surface area contributed by atoms with E-state index in [1.807, 2.05) is 6.92 Å². The second kappa shape index (κ2) is 5.73. The molecule has 1 fully saturated rings. The van der Waals surface area contributed by atoms with Gasteiger partial charge in [-0.15, -0.1) is 0 Å². The summed E-state index contributed by atoms with van der Waals surface area (Å²) in [4.78, 5) is 24.2. The number of ether oxygens (including phenoxy) is 1. The van der Waals surface area contributed by atoms with Crippen molar-refractivity contribution >= 4 is 11.9 Å². The minimum Gasteiger partial charge on any atom is -0.488 e. The van der Waals surface area contributed by atoms with E-state index in [4.69, 9.17) is 9.84 Å². The first-order valence-corrected chi connectivity index (χ1v) is 6.38. The largest absolute Gasteiger partial charge is 0.488 e. The molecule has 1 amide bonds. The number of carboxylic acids is 1. The molecule has 1 unspecified atom stereocenters. The van der Waals surface area contributed by atoms with Gasteiger partial charge in [-0.05, 0) is 18.2 Å². The SMILES string of the molecule is CCC(=O)N1CCC(Oc2cccc(C(=O)O)c2)C1. The minimum absolute atomic E-state index is 0.0560. The van der Waals surface area contributed by atoms with Crippen LogP contribution in [0.2, 0.25) is 0 Å². The molecule has 0 radical (unpaired) electrons. The number of nitrogens with zero attached hydrogens (tertiary/aromatic N) is 1. The van der Waals surface area contributed by atoms with Crippen LogP contribution in [0.15, 0.2) is 24.3 Å². The van der Waals surface area contributed by atoms with Gasteiger partial charge in [-0.3, -0.25) is 4.79 Å². The highest BCUT2D eigenvalue weighted by atomic mass is 16.5. The molecule has 102 valence electrons. The Morgan fingerprint density at radius 1 is 1.47 bits per heavy atom. The van der Waals surface area contributed by atoms with E-state index in [-0.39, 0.29) is 17.6 Å². The molecule has 0 spiro atoms. The van der Waals surface area contributed by atoms with Crippen molar-refractivity contribution in [2.45, 2.75) is 25.9 Å². The summed E-state index contributed by atoms with van der Waals surface area (Å²) in [5.74, 6) is -0.305. The maximum atomic E-state index is 11.5. The number of likely N-dealkylation sites (tertiary alicyclic amines) is 1. The van der Waals surface area contributed by atoms with Gasteiger partial charge in [-0.1, -0.05) is 13.0 Å². The molecular weight excluding hydrogens is 246 g/mol. The third-order valence-corrected chi connectivity index (χ3v) is 3.18. The Morgan fingerprint density at radius 3 is 2.95 bits per heavy atom. The number of rotatable bonds is 4. The summed E-state index contributed by atoms with van der Waals surface area (Å²) >= 11 is 0. The van der Waals surface area contributed by atoms with E-state index < -0.39 is 5.97 Å². The molecule has 19 heavy (non-hydrogen) atoms. The van der Waals surface area contributed by atoms with Crippen LogP contribution in [0.5, 0.6) is 5.75 Å². The molecule has 5 heteroatoms. The molecule has 1 N–H and O–H groups in total. The van der Waals surface area contributed by atoms with Crippen LogP contribution in [0.4, 0.5) is 0 Å². The van der Waals surface area contributed by atoms with Crippen molar-refractivity contribution in [1.29, 1.82) is 0 Å². The van der Waals surface area contributed by atoms with Gasteiger partial charge in [-0.2, -0.15) is 0 Å². The van der Waals surface area contributed by atoms with Crippen molar-refractivity contribution in [2.24, 2.45) is 0 Å². The first-order valence-electron chi connectivity index (χ1n) is 6.38. The summed E-state index contributed by atoms with van der Waals surface area (Å²) in [6.45, 7) is 3.12. The normalized spacial score (nSPS) is 18.4. The van der Waals surface area contributed by atoms with E-state index in [1.165, 1.54) is 12.1 Å². The summed E-state index contributed by atoms with van der Waals surface area (Å²) in [6, 6.07) is 6.42. The van der Waals surface area contributed by atoms with Crippen LogP contribution < -0.4 is 4.74 Å². The monoisotopic (exact) mass is 263 g/mol. The summed E-state index contributed by atoms with van der Waals surface area (Å²) < 4.78 is 5.73. The van der Waals surface area contributed by atoms with Crippen molar-refractivity contribution in [3.05, 3.63) is 29.8 Å². The summed E-state index contributed by atoms with van der Waals surface area (Å²) in [5, 5.41) is 8.91. The van der Waals surface area contributed by atoms with Gasteiger partial charge in [-0.25, -0.2) is 4.79 Å². The Hall–Kier alpha value is -2.04. The maximum Gasteiger partial charge on any atom is 0.335 e. The van der Waals surface area contributed by atoms with E-state index >= 15 is 0 Å². The molecule has 1 aromatic rings. The number of carbonyl (C=O) groups excluding carboxylic acids is 1. The van der Waals surface area contributed by atoms with Crippen molar-refractivity contribution in [3.63, 3.8) is 0 Å². The Kier molecular flexibility index (Phi) is 4.04. The van der Waals surface area contributed by atoms with E-state index in [9.17, 15) is 9.59 Å². The van der Waals surface area contributed by atoms with Gasteiger partial charge < -0.3 is 14.7 Å². The van der Waals surface area contributed by atoms with Crippen LogP contribution in [0, 0.1) is 0 Å². The molecule has 1 saturated heterocycles. The van der Waals surface area contributed by atoms with E-state index in [0.717, 1.165) is 6.42 Å². The highest BCUT2D eigenvalue weighted by Gasteiger charge is 2.26. The summed E-state index contributed by atoms with van der Waals surface area (Å²) in [7, 11) is 0. The van der Waals surface area contributed by atoms with Gasteiger partial charge in [0.1, 0.15) is 11.9 Å². The minimum atomic E-state index is -0.973. The van der Waals surface area contributed by atoms with Crippen molar-refractivity contribution in [1.82, 2.24) is 4.90 Å². The smallest absolute Gasteiger partial charge is 0.335 e. The zero-order chi connectivity index (χ0) is 13.8. The fraction of sp³-hybridized carbons (Fsp3) is 0.429. The number of carboxylic acid groups (broad SMARTS) is 1. The molecule has 5 nitrogen and oxygen atoms in total. The van der Waals surface area contributed by atoms with Crippen LogP contribution in [-0.4, -0.2) is 41.1 Å². The van der Waals surface area contributed by atoms with Crippen molar-refractivity contribution in [3.8, 4) is 5.75 Å². The summed E-state index contributed by atoms with van der Waals surface area (Å²) in [5.41, 5.74) is 0.206. The zero-order valence-corrected chi connectivity index (χ0v) is 10.8. The number of amides is 1. The topological polar surface area (TPSA) is 66.8 Å². The highest BCUT2D eigenvalue weighted by molar-refractivity contribution is 5.88. The maximum absolute atomic E-state index is 11.5. The molecular formula is C14H17NO4. The number of aromatic carboxylic acids is 1. The molecule has 1 atom stereocenters. The zero-order valence-electron chi connectivity index (χ0n) is 10.8. The lowest BCUT2D eigenvalue weighted by Crippen LogP contribution is -2.30. The molecule has 1 heterocycles. The number of hydrogen-bond donors (Lipinski definition) is 1. The predicted molar refractivity (Wildman–Crippen MR) is 69.3 cm³/mol. The molecule has 1 aromatic carbocycles. The Morgan fingerprint density at radius 2 is 2.26 bits per heavy atom. The van der Waals surface area contributed by atoms with Gasteiger partial charge >= 0.3 is 5.97 Å². The average molecular weight is 263 g/mol. The Balaban J connectivity index is 1.97. The predicted octanol–water partition coefficient (Wildman–Crippen LogP) is 1.77. The van der Waals surface area contributed by atoms with Crippen LogP contribution in [0.3, 0.4) is 0 Å². The second-order valence-electron chi connectivity index (χ2n) is 4.55. The molecule has 1 aliphatic heterocycles. The van der Waals surface area contributed by atoms with Gasteiger partial charge in [0.05, 0.1) is 12.1 Å². The van der Waals surface area contributed by atoms with Crippen LogP contribution in [0.1, 0.15) is 30.1 Å². The molecule has 1 aliphatic rings. The van der Waals surface area contributed by atoms with Crippen LogP contribution in [-0.2, 0) is 4.79 Å². The van der Waals surface area contributed by atoms with E-state index in [1.54, 1.807) is 17.0 Å². The fourth-order valence-electron chi connectivity index (χ4n) is 2.17. The fourth-order valence-corrected chi connectivity index (χ4v) is 2.17.